The van der Waals surface area contributed by atoms with Gasteiger partial charge in [-0.1, -0.05) is 12.1 Å². The Morgan fingerprint density at radius 1 is 1.00 bits per heavy atom. The Hall–Kier alpha value is -3.68. The molecule has 1 amide bonds. The minimum atomic E-state index is -0.230. The number of para-hydroxylation sites is 2. The molecular formula is C22H22N4O4. The van der Waals surface area contributed by atoms with Gasteiger partial charge in [0.05, 0.1) is 18.1 Å². The second kappa shape index (κ2) is 7.98. The van der Waals surface area contributed by atoms with Crippen molar-refractivity contribution in [2.75, 3.05) is 43.7 Å². The molecule has 3 aromatic rings. The van der Waals surface area contributed by atoms with E-state index in [9.17, 15) is 9.59 Å². The van der Waals surface area contributed by atoms with E-state index < -0.39 is 0 Å². The molecule has 0 spiro atoms. The molecule has 0 atom stereocenters. The number of carbonyl (C=O) groups is 2. The first-order chi connectivity index (χ1) is 14.5. The topological polar surface area (TPSA) is 84.9 Å². The van der Waals surface area contributed by atoms with Crippen LogP contribution in [0.1, 0.15) is 17.3 Å². The van der Waals surface area contributed by atoms with Crippen molar-refractivity contribution >= 4 is 34.4 Å². The van der Waals surface area contributed by atoms with E-state index in [0.29, 0.717) is 41.8 Å². The Labute approximate surface area is 174 Å². The normalized spacial score (nSPS) is 13.2. The minimum absolute atomic E-state index is 0.0734. The number of hydrogen-bond acceptors (Lipinski definition) is 7. The number of rotatable bonds is 5. The van der Waals surface area contributed by atoms with E-state index >= 15 is 0 Å². The van der Waals surface area contributed by atoms with Crippen molar-refractivity contribution in [3.05, 3.63) is 48.0 Å². The van der Waals surface area contributed by atoms with E-state index in [1.54, 1.807) is 23.1 Å². The predicted octanol–water partition coefficient (Wildman–Crippen LogP) is 2.70. The SMILES string of the molecule is COc1cc(C(C)=O)ccc1OCC(=O)N1CCN(C)c2nc3ccccc3nc21. The number of ketones is 1. The Morgan fingerprint density at radius 2 is 1.70 bits per heavy atom. The summed E-state index contributed by atoms with van der Waals surface area (Å²) in [5.74, 6) is 1.68. The summed E-state index contributed by atoms with van der Waals surface area (Å²) < 4.78 is 11.0. The van der Waals surface area contributed by atoms with Gasteiger partial charge in [0, 0.05) is 25.7 Å². The summed E-state index contributed by atoms with van der Waals surface area (Å²) in [4.78, 5) is 37.5. The standard InChI is InChI=1S/C22H22N4O4/c1-14(27)15-8-9-18(19(12-15)29-3)30-13-20(28)26-11-10-25(2)21-22(26)24-17-7-5-4-6-16(17)23-21/h4-9,12H,10-11,13H2,1-3H3. The van der Waals surface area contributed by atoms with Crippen molar-refractivity contribution in [1.29, 1.82) is 0 Å². The summed E-state index contributed by atoms with van der Waals surface area (Å²) in [5.41, 5.74) is 2.02. The second-order valence-electron chi connectivity index (χ2n) is 7.04. The van der Waals surface area contributed by atoms with Gasteiger partial charge in [0.25, 0.3) is 5.91 Å². The molecule has 1 aliphatic heterocycles. The highest BCUT2D eigenvalue weighted by Crippen LogP contribution is 2.31. The van der Waals surface area contributed by atoms with E-state index in [0.717, 1.165) is 11.0 Å². The number of methoxy groups -OCH3 is 1. The molecule has 0 radical (unpaired) electrons. The van der Waals surface area contributed by atoms with Crippen LogP contribution in [0.4, 0.5) is 11.6 Å². The number of amides is 1. The fraction of sp³-hybridized carbons (Fsp3) is 0.273. The first kappa shape index (κ1) is 19.6. The molecule has 1 aliphatic rings. The maximum absolute atomic E-state index is 13.0. The quantitative estimate of drug-likeness (QED) is 0.602. The largest absolute Gasteiger partial charge is 0.493 e. The maximum atomic E-state index is 13.0. The highest BCUT2D eigenvalue weighted by atomic mass is 16.5. The van der Waals surface area contributed by atoms with Crippen molar-refractivity contribution in [1.82, 2.24) is 9.97 Å². The Bertz CT molecular complexity index is 1130. The summed E-state index contributed by atoms with van der Waals surface area (Å²) in [6, 6.07) is 12.5. The lowest BCUT2D eigenvalue weighted by Crippen LogP contribution is -2.45. The number of nitrogens with zero attached hydrogens (tertiary/aromatic N) is 4. The van der Waals surface area contributed by atoms with Crippen LogP contribution in [0.5, 0.6) is 11.5 Å². The molecule has 8 nitrogen and oxygen atoms in total. The first-order valence-corrected chi connectivity index (χ1v) is 9.58. The third-order valence-corrected chi connectivity index (χ3v) is 5.03. The number of likely N-dealkylation sites (N-methyl/N-ethyl adjacent to an activating group) is 1. The molecule has 0 bridgehead atoms. The second-order valence-corrected chi connectivity index (χ2v) is 7.04. The van der Waals surface area contributed by atoms with Crippen molar-refractivity contribution in [3.63, 3.8) is 0 Å². The third kappa shape index (κ3) is 3.63. The predicted molar refractivity (Wildman–Crippen MR) is 114 cm³/mol. The van der Waals surface area contributed by atoms with Crippen molar-refractivity contribution in [2.45, 2.75) is 6.92 Å². The summed E-state index contributed by atoms with van der Waals surface area (Å²) in [6.07, 6.45) is 0. The Balaban J connectivity index is 1.57. The summed E-state index contributed by atoms with van der Waals surface area (Å²) in [7, 11) is 3.42. The number of anilines is 2. The molecule has 0 N–H and O–H groups in total. The van der Waals surface area contributed by atoms with E-state index in [2.05, 4.69) is 9.97 Å². The van der Waals surface area contributed by atoms with E-state index in [1.165, 1.54) is 14.0 Å². The third-order valence-electron chi connectivity index (χ3n) is 5.03. The van der Waals surface area contributed by atoms with Crippen molar-refractivity contribution in [2.24, 2.45) is 0 Å². The number of ether oxygens (including phenoxy) is 2. The molecule has 8 heteroatoms. The van der Waals surface area contributed by atoms with Crippen LogP contribution in [0.15, 0.2) is 42.5 Å². The smallest absolute Gasteiger partial charge is 0.266 e. The van der Waals surface area contributed by atoms with Gasteiger partial charge in [-0.25, -0.2) is 9.97 Å². The number of hydrogen-bond donors (Lipinski definition) is 0. The zero-order chi connectivity index (χ0) is 21.3. The average Bonchev–Trinajstić information content (AvgIpc) is 2.76. The molecule has 0 saturated heterocycles. The molecule has 0 unspecified atom stereocenters. The fourth-order valence-electron chi connectivity index (χ4n) is 3.35. The molecule has 0 fully saturated rings. The molecule has 0 saturated carbocycles. The summed E-state index contributed by atoms with van der Waals surface area (Å²) in [5, 5.41) is 0. The minimum Gasteiger partial charge on any atom is -0.493 e. The maximum Gasteiger partial charge on any atom is 0.266 e. The van der Waals surface area contributed by atoms with Crippen molar-refractivity contribution < 1.29 is 19.1 Å². The van der Waals surface area contributed by atoms with Gasteiger partial charge in [-0.2, -0.15) is 0 Å². The van der Waals surface area contributed by atoms with Gasteiger partial charge >= 0.3 is 0 Å². The molecule has 154 valence electrons. The lowest BCUT2D eigenvalue weighted by Gasteiger charge is -2.33. The van der Waals surface area contributed by atoms with Crippen LogP contribution in [-0.2, 0) is 4.79 Å². The molecule has 2 heterocycles. The Morgan fingerprint density at radius 3 is 2.37 bits per heavy atom. The number of fused-ring (bicyclic) bond motifs is 2. The lowest BCUT2D eigenvalue weighted by molar-refractivity contribution is -0.120. The van der Waals surface area contributed by atoms with E-state index in [4.69, 9.17) is 9.47 Å². The number of carbonyl (C=O) groups excluding carboxylic acids is 2. The van der Waals surface area contributed by atoms with Crippen LogP contribution in [-0.4, -0.2) is 55.5 Å². The number of Topliss-reactive ketones (excluding diaryl/α,β-unsaturated/α-hetero) is 1. The first-order valence-electron chi connectivity index (χ1n) is 9.58. The zero-order valence-corrected chi connectivity index (χ0v) is 17.1. The average molecular weight is 406 g/mol. The van der Waals surface area contributed by atoms with Gasteiger partial charge in [-0.05, 0) is 37.3 Å². The number of benzene rings is 2. The monoisotopic (exact) mass is 406 g/mol. The molecule has 30 heavy (non-hydrogen) atoms. The molecule has 1 aromatic heterocycles. The molecule has 2 aromatic carbocycles. The van der Waals surface area contributed by atoms with Gasteiger partial charge in [-0.15, -0.1) is 0 Å². The van der Waals surface area contributed by atoms with Crippen LogP contribution in [0.2, 0.25) is 0 Å². The summed E-state index contributed by atoms with van der Waals surface area (Å²) in [6.45, 7) is 2.42. The van der Waals surface area contributed by atoms with E-state index in [1.807, 2.05) is 36.2 Å². The van der Waals surface area contributed by atoms with Gasteiger partial charge in [0.2, 0.25) is 0 Å². The fourth-order valence-corrected chi connectivity index (χ4v) is 3.35. The highest BCUT2D eigenvalue weighted by Gasteiger charge is 2.29. The highest BCUT2D eigenvalue weighted by molar-refractivity contribution is 5.98. The van der Waals surface area contributed by atoms with Gasteiger partial charge in [0.1, 0.15) is 0 Å². The number of aromatic nitrogens is 2. The molecule has 4 rings (SSSR count). The van der Waals surface area contributed by atoms with Crippen LogP contribution in [0, 0.1) is 0 Å². The summed E-state index contributed by atoms with van der Waals surface area (Å²) >= 11 is 0. The van der Waals surface area contributed by atoms with Gasteiger partial charge in [0.15, 0.2) is 35.5 Å². The molecular weight excluding hydrogens is 384 g/mol. The lowest BCUT2D eigenvalue weighted by atomic mass is 10.1. The van der Waals surface area contributed by atoms with E-state index in [-0.39, 0.29) is 18.3 Å². The van der Waals surface area contributed by atoms with Gasteiger partial charge < -0.3 is 14.4 Å². The van der Waals surface area contributed by atoms with Crippen LogP contribution >= 0.6 is 0 Å². The van der Waals surface area contributed by atoms with Crippen LogP contribution < -0.4 is 19.3 Å². The Kier molecular flexibility index (Phi) is 5.22. The molecule has 0 aliphatic carbocycles. The van der Waals surface area contributed by atoms with Crippen LogP contribution in [0.25, 0.3) is 11.0 Å². The zero-order valence-electron chi connectivity index (χ0n) is 17.1. The van der Waals surface area contributed by atoms with Crippen molar-refractivity contribution in [3.8, 4) is 11.5 Å². The van der Waals surface area contributed by atoms with Crippen LogP contribution in [0.3, 0.4) is 0 Å². The van der Waals surface area contributed by atoms with Gasteiger partial charge in [-0.3, -0.25) is 14.5 Å².